The third-order valence-electron chi connectivity index (χ3n) is 2.56. The highest BCUT2D eigenvalue weighted by Crippen LogP contribution is 2.07. The number of aliphatic carboxylic acids is 1. The lowest BCUT2D eigenvalue weighted by Gasteiger charge is -2.15. The summed E-state index contributed by atoms with van der Waals surface area (Å²) in [6, 6.07) is 9.36. The van der Waals surface area contributed by atoms with Gasteiger partial charge < -0.3 is 15.2 Å². The average Bonchev–Trinajstić information content (AvgIpc) is 2.42. The van der Waals surface area contributed by atoms with Crippen molar-refractivity contribution in [2.45, 2.75) is 6.42 Å². The molecular formula is C14H20N2O4. The topological polar surface area (TPSA) is 78.9 Å². The molecule has 6 heteroatoms. The van der Waals surface area contributed by atoms with Crippen molar-refractivity contribution in [2.24, 2.45) is 0 Å². The molecule has 0 saturated carbocycles. The van der Waals surface area contributed by atoms with Crippen LogP contribution in [0.1, 0.15) is 6.42 Å². The number of carbonyl (C=O) groups excluding carboxylic acids is 1. The zero-order valence-electron chi connectivity index (χ0n) is 11.5. The maximum absolute atomic E-state index is 11.6. The van der Waals surface area contributed by atoms with E-state index in [1.165, 1.54) is 0 Å². The lowest BCUT2D eigenvalue weighted by molar-refractivity contribution is -0.137. The number of hydrogen-bond donors (Lipinski definition) is 2. The summed E-state index contributed by atoms with van der Waals surface area (Å²) in [5.41, 5.74) is 0. The summed E-state index contributed by atoms with van der Waals surface area (Å²) in [6.07, 6.45) is 0.0287. The van der Waals surface area contributed by atoms with Gasteiger partial charge in [-0.25, -0.2) is 0 Å². The van der Waals surface area contributed by atoms with Crippen LogP contribution < -0.4 is 10.1 Å². The zero-order chi connectivity index (χ0) is 14.8. The molecule has 0 aromatic heterocycles. The van der Waals surface area contributed by atoms with Gasteiger partial charge in [-0.1, -0.05) is 18.2 Å². The minimum atomic E-state index is -0.867. The molecule has 1 aromatic rings. The maximum Gasteiger partial charge on any atom is 0.304 e. The van der Waals surface area contributed by atoms with Crippen LogP contribution in [0.3, 0.4) is 0 Å². The molecular weight excluding hydrogens is 260 g/mol. The van der Waals surface area contributed by atoms with E-state index in [0.29, 0.717) is 19.7 Å². The number of nitrogens with zero attached hydrogens (tertiary/aromatic N) is 1. The molecule has 0 fully saturated rings. The van der Waals surface area contributed by atoms with Crippen LogP contribution in [-0.2, 0) is 9.59 Å². The van der Waals surface area contributed by atoms with E-state index >= 15 is 0 Å². The summed E-state index contributed by atoms with van der Waals surface area (Å²) < 4.78 is 5.43. The maximum atomic E-state index is 11.6. The van der Waals surface area contributed by atoms with Gasteiger partial charge >= 0.3 is 5.97 Å². The van der Waals surface area contributed by atoms with Crippen LogP contribution in [0.5, 0.6) is 5.75 Å². The molecule has 0 spiro atoms. The molecule has 1 amide bonds. The summed E-state index contributed by atoms with van der Waals surface area (Å²) in [5.74, 6) is -0.247. The number of amides is 1. The second-order valence-electron chi connectivity index (χ2n) is 4.39. The summed E-state index contributed by atoms with van der Waals surface area (Å²) in [5, 5.41) is 11.3. The highest BCUT2D eigenvalue weighted by Gasteiger charge is 2.07. The SMILES string of the molecule is CN(CCC(=O)O)CC(=O)NCCOc1ccccc1. The Kier molecular flexibility index (Phi) is 7.13. The number of carboxylic acid groups (broad SMARTS) is 1. The monoisotopic (exact) mass is 280 g/mol. The standard InChI is InChI=1S/C14H20N2O4/c1-16(9-7-14(18)19)11-13(17)15-8-10-20-12-5-3-2-4-6-12/h2-6H,7-11H2,1H3,(H,15,17)(H,18,19). The Morgan fingerprint density at radius 1 is 1.30 bits per heavy atom. The van der Waals surface area contributed by atoms with Gasteiger partial charge in [0.05, 0.1) is 19.5 Å². The first-order valence-corrected chi connectivity index (χ1v) is 6.43. The Morgan fingerprint density at radius 3 is 2.65 bits per heavy atom. The number of likely N-dealkylation sites (N-methyl/N-ethyl adjacent to an activating group) is 1. The molecule has 0 bridgehead atoms. The molecule has 2 N–H and O–H groups in total. The Balaban J connectivity index is 2.09. The minimum absolute atomic E-state index is 0.0287. The molecule has 6 nitrogen and oxygen atoms in total. The molecule has 0 aliphatic rings. The van der Waals surface area contributed by atoms with E-state index < -0.39 is 5.97 Å². The highest BCUT2D eigenvalue weighted by molar-refractivity contribution is 5.78. The van der Waals surface area contributed by atoms with Crippen LogP contribution in [-0.4, -0.2) is 55.2 Å². The van der Waals surface area contributed by atoms with Gasteiger partial charge in [-0.15, -0.1) is 0 Å². The lowest BCUT2D eigenvalue weighted by atomic mass is 10.3. The molecule has 0 heterocycles. The largest absolute Gasteiger partial charge is 0.492 e. The molecule has 0 atom stereocenters. The number of benzene rings is 1. The van der Waals surface area contributed by atoms with Crippen molar-refractivity contribution in [3.8, 4) is 5.75 Å². The number of carboxylic acids is 1. The average molecular weight is 280 g/mol. The first-order valence-electron chi connectivity index (χ1n) is 6.43. The van der Waals surface area contributed by atoms with Gasteiger partial charge in [0, 0.05) is 6.54 Å². The van der Waals surface area contributed by atoms with Crippen molar-refractivity contribution in [3.05, 3.63) is 30.3 Å². The van der Waals surface area contributed by atoms with Gasteiger partial charge in [-0.2, -0.15) is 0 Å². The van der Waals surface area contributed by atoms with E-state index in [2.05, 4.69) is 5.32 Å². The first kappa shape index (κ1) is 16.0. The van der Waals surface area contributed by atoms with Gasteiger partial charge in [0.25, 0.3) is 0 Å². The van der Waals surface area contributed by atoms with Crippen LogP contribution in [0, 0.1) is 0 Å². The number of carbonyl (C=O) groups is 2. The third-order valence-corrected chi connectivity index (χ3v) is 2.56. The van der Waals surface area contributed by atoms with Crippen molar-refractivity contribution in [1.29, 1.82) is 0 Å². The molecule has 0 aliphatic carbocycles. The van der Waals surface area contributed by atoms with E-state index in [1.807, 2.05) is 30.3 Å². The van der Waals surface area contributed by atoms with E-state index in [1.54, 1.807) is 11.9 Å². The van der Waals surface area contributed by atoms with Gasteiger partial charge in [-0.05, 0) is 19.2 Å². The summed E-state index contributed by atoms with van der Waals surface area (Å²) >= 11 is 0. The van der Waals surface area contributed by atoms with E-state index in [0.717, 1.165) is 5.75 Å². The molecule has 1 aromatic carbocycles. The molecule has 1 rings (SSSR count). The Hall–Kier alpha value is -2.08. The predicted molar refractivity (Wildman–Crippen MR) is 74.7 cm³/mol. The number of ether oxygens (including phenoxy) is 1. The van der Waals surface area contributed by atoms with Gasteiger partial charge in [0.1, 0.15) is 12.4 Å². The van der Waals surface area contributed by atoms with Crippen molar-refractivity contribution < 1.29 is 19.4 Å². The minimum Gasteiger partial charge on any atom is -0.492 e. The second kappa shape index (κ2) is 8.92. The second-order valence-corrected chi connectivity index (χ2v) is 4.39. The smallest absolute Gasteiger partial charge is 0.304 e. The molecule has 110 valence electrons. The van der Waals surface area contributed by atoms with Gasteiger partial charge in [-0.3, -0.25) is 14.5 Å². The van der Waals surface area contributed by atoms with E-state index in [-0.39, 0.29) is 18.9 Å². The quantitative estimate of drug-likeness (QED) is 0.647. The fraction of sp³-hybridized carbons (Fsp3) is 0.429. The molecule has 0 saturated heterocycles. The highest BCUT2D eigenvalue weighted by atomic mass is 16.5. The van der Waals surface area contributed by atoms with Crippen LogP contribution in [0.25, 0.3) is 0 Å². The fourth-order valence-electron chi connectivity index (χ4n) is 1.54. The summed E-state index contributed by atoms with van der Waals surface area (Å²) in [6.45, 7) is 1.34. The summed E-state index contributed by atoms with van der Waals surface area (Å²) in [4.78, 5) is 23.6. The van der Waals surface area contributed by atoms with Crippen LogP contribution in [0.2, 0.25) is 0 Å². The Morgan fingerprint density at radius 2 is 2.00 bits per heavy atom. The van der Waals surface area contributed by atoms with Crippen molar-refractivity contribution in [3.63, 3.8) is 0 Å². The van der Waals surface area contributed by atoms with Crippen molar-refractivity contribution >= 4 is 11.9 Å². The number of rotatable bonds is 9. The number of hydrogen-bond acceptors (Lipinski definition) is 4. The summed E-state index contributed by atoms with van der Waals surface area (Å²) in [7, 11) is 1.71. The molecule has 0 unspecified atom stereocenters. The first-order chi connectivity index (χ1) is 9.58. The van der Waals surface area contributed by atoms with Crippen LogP contribution >= 0.6 is 0 Å². The van der Waals surface area contributed by atoms with Gasteiger partial charge in [0.2, 0.25) is 5.91 Å². The zero-order valence-corrected chi connectivity index (χ0v) is 11.5. The Bertz CT molecular complexity index is 422. The number of para-hydroxylation sites is 1. The van der Waals surface area contributed by atoms with Crippen LogP contribution in [0.4, 0.5) is 0 Å². The lowest BCUT2D eigenvalue weighted by Crippen LogP contribution is -2.37. The molecule has 0 radical (unpaired) electrons. The van der Waals surface area contributed by atoms with Crippen molar-refractivity contribution in [1.82, 2.24) is 10.2 Å². The molecule has 20 heavy (non-hydrogen) atoms. The molecule has 0 aliphatic heterocycles. The van der Waals surface area contributed by atoms with Crippen molar-refractivity contribution in [2.75, 3.05) is 33.3 Å². The van der Waals surface area contributed by atoms with Gasteiger partial charge in [0.15, 0.2) is 0 Å². The Labute approximate surface area is 118 Å². The fourth-order valence-corrected chi connectivity index (χ4v) is 1.54. The van der Waals surface area contributed by atoms with E-state index in [4.69, 9.17) is 9.84 Å². The third kappa shape index (κ3) is 7.38. The normalized spacial score (nSPS) is 10.3. The number of nitrogens with one attached hydrogen (secondary N) is 1. The predicted octanol–water partition coefficient (Wildman–Crippen LogP) is 0.588. The van der Waals surface area contributed by atoms with Crippen LogP contribution in [0.15, 0.2) is 30.3 Å². The van der Waals surface area contributed by atoms with E-state index in [9.17, 15) is 9.59 Å².